The average Bonchev–Trinajstić information content (AvgIpc) is 2.81. The molecule has 0 fully saturated rings. The number of imidazole rings is 1. The maximum atomic E-state index is 6.29. The Labute approximate surface area is 154 Å². The number of H-pyrrole nitrogens is 1. The molecule has 0 saturated heterocycles. The maximum absolute atomic E-state index is 6.29. The molecule has 0 bridgehead atoms. The fourth-order valence-electron chi connectivity index (χ4n) is 2.46. The Bertz CT molecular complexity index is 851. The van der Waals surface area contributed by atoms with Gasteiger partial charge in [-0.25, -0.2) is 4.98 Å². The summed E-state index contributed by atoms with van der Waals surface area (Å²) in [6, 6.07) is 11.0. The molecular formula is C17H12Cl4N2. The highest BCUT2D eigenvalue weighted by molar-refractivity contribution is 6.43. The Morgan fingerprint density at radius 3 is 2.39 bits per heavy atom. The van der Waals surface area contributed by atoms with Crippen molar-refractivity contribution in [2.45, 2.75) is 13.3 Å². The van der Waals surface area contributed by atoms with Crippen LogP contribution in [-0.4, -0.2) is 9.97 Å². The first-order valence-corrected chi connectivity index (χ1v) is 8.40. The largest absolute Gasteiger partial charge is 0.345 e. The van der Waals surface area contributed by atoms with Crippen molar-refractivity contribution in [2.24, 2.45) is 0 Å². The van der Waals surface area contributed by atoms with Crippen LogP contribution in [0, 0.1) is 6.92 Å². The summed E-state index contributed by atoms with van der Waals surface area (Å²) in [4.78, 5) is 7.93. The number of benzene rings is 2. The predicted molar refractivity (Wildman–Crippen MR) is 98.0 cm³/mol. The Balaban J connectivity index is 1.96. The van der Waals surface area contributed by atoms with Gasteiger partial charge in [0.15, 0.2) is 0 Å². The molecule has 2 aromatic carbocycles. The van der Waals surface area contributed by atoms with Crippen molar-refractivity contribution >= 4 is 46.4 Å². The standard InChI is InChI=1S/C17H12Cl4N2/c1-9-17(13-3-2-4-14(20)16(13)21)23-15(22-9)7-10-5-11(18)8-12(19)6-10/h2-6,8H,7H2,1H3,(H,22,23). The Morgan fingerprint density at radius 1 is 1.00 bits per heavy atom. The summed E-state index contributed by atoms with van der Waals surface area (Å²) < 4.78 is 0. The third-order valence-electron chi connectivity index (χ3n) is 3.43. The van der Waals surface area contributed by atoms with Crippen molar-refractivity contribution in [2.75, 3.05) is 0 Å². The zero-order valence-corrected chi connectivity index (χ0v) is 15.2. The lowest BCUT2D eigenvalue weighted by Crippen LogP contribution is -1.91. The van der Waals surface area contributed by atoms with Crippen LogP contribution < -0.4 is 0 Å². The summed E-state index contributed by atoms with van der Waals surface area (Å²) in [6.07, 6.45) is 0.597. The molecule has 23 heavy (non-hydrogen) atoms. The average molecular weight is 386 g/mol. The molecule has 0 aliphatic carbocycles. The van der Waals surface area contributed by atoms with E-state index in [0.717, 1.165) is 28.3 Å². The van der Waals surface area contributed by atoms with Crippen LogP contribution in [0.5, 0.6) is 0 Å². The lowest BCUT2D eigenvalue weighted by molar-refractivity contribution is 1.02. The number of nitrogens with zero attached hydrogens (tertiary/aromatic N) is 1. The van der Waals surface area contributed by atoms with E-state index in [1.165, 1.54) is 0 Å². The summed E-state index contributed by atoms with van der Waals surface area (Å²) >= 11 is 24.5. The van der Waals surface area contributed by atoms with E-state index < -0.39 is 0 Å². The number of aromatic nitrogens is 2. The van der Waals surface area contributed by atoms with Crippen LogP contribution >= 0.6 is 46.4 Å². The minimum Gasteiger partial charge on any atom is -0.345 e. The highest BCUT2D eigenvalue weighted by Crippen LogP contribution is 2.34. The van der Waals surface area contributed by atoms with Crippen molar-refractivity contribution < 1.29 is 0 Å². The van der Waals surface area contributed by atoms with Crippen LogP contribution in [0.4, 0.5) is 0 Å². The minimum atomic E-state index is 0.501. The molecule has 0 amide bonds. The van der Waals surface area contributed by atoms with Crippen molar-refractivity contribution in [1.82, 2.24) is 9.97 Å². The van der Waals surface area contributed by atoms with Gasteiger partial charge < -0.3 is 4.98 Å². The number of hydrogen-bond donors (Lipinski definition) is 1. The van der Waals surface area contributed by atoms with Crippen LogP contribution in [0.25, 0.3) is 11.3 Å². The molecule has 0 saturated carbocycles. The van der Waals surface area contributed by atoms with Gasteiger partial charge in [0, 0.05) is 27.7 Å². The van der Waals surface area contributed by atoms with E-state index in [2.05, 4.69) is 9.97 Å². The molecule has 1 aromatic heterocycles. The molecular weight excluding hydrogens is 374 g/mol. The highest BCUT2D eigenvalue weighted by Gasteiger charge is 2.14. The quantitative estimate of drug-likeness (QED) is 0.541. The summed E-state index contributed by atoms with van der Waals surface area (Å²) in [5.41, 5.74) is 3.52. The molecule has 0 aliphatic heterocycles. The second-order valence-electron chi connectivity index (χ2n) is 5.21. The van der Waals surface area contributed by atoms with Crippen LogP contribution in [0.2, 0.25) is 20.1 Å². The monoisotopic (exact) mass is 384 g/mol. The zero-order valence-electron chi connectivity index (χ0n) is 12.1. The number of hydrogen-bond acceptors (Lipinski definition) is 1. The molecule has 0 aliphatic rings. The summed E-state index contributed by atoms with van der Waals surface area (Å²) in [6.45, 7) is 1.95. The molecule has 0 radical (unpaired) electrons. The summed E-state index contributed by atoms with van der Waals surface area (Å²) in [7, 11) is 0. The maximum Gasteiger partial charge on any atom is 0.111 e. The van der Waals surface area contributed by atoms with Gasteiger partial charge in [0.1, 0.15) is 5.82 Å². The first-order chi connectivity index (χ1) is 10.9. The van der Waals surface area contributed by atoms with Crippen molar-refractivity contribution in [3.8, 4) is 11.3 Å². The Hall–Kier alpha value is -1.19. The van der Waals surface area contributed by atoms with E-state index >= 15 is 0 Å². The van der Waals surface area contributed by atoms with E-state index in [4.69, 9.17) is 46.4 Å². The van der Waals surface area contributed by atoms with E-state index in [1.54, 1.807) is 12.1 Å². The van der Waals surface area contributed by atoms with E-state index in [0.29, 0.717) is 26.5 Å². The van der Waals surface area contributed by atoms with E-state index in [1.807, 2.05) is 31.2 Å². The lowest BCUT2D eigenvalue weighted by Gasteiger charge is -2.03. The van der Waals surface area contributed by atoms with Gasteiger partial charge in [0.2, 0.25) is 0 Å². The normalized spacial score (nSPS) is 11.0. The molecule has 118 valence electrons. The second-order valence-corrected chi connectivity index (χ2v) is 6.87. The first-order valence-electron chi connectivity index (χ1n) is 6.89. The van der Waals surface area contributed by atoms with Gasteiger partial charge in [0.05, 0.1) is 15.7 Å². The van der Waals surface area contributed by atoms with Gasteiger partial charge in [-0.1, -0.05) is 58.5 Å². The number of halogens is 4. The van der Waals surface area contributed by atoms with Gasteiger partial charge in [-0.2, -0.15) is 0 Å². The third kappa shape index (κ3) is 3.67. The van der Waals surface area contributed by atoms with Crippen LogP contribution in [0.1, 0.15) is 17.1 Å². The smallest absolute Gasteiger partial charge is 0.111 e. The number of aromatic amines is 1. The van der Waals surface area contributed by atoms with Crippen LogP contribution in [0.15, 0.2) is 36.4 Å². The van der Waals surface area contributed by atoms with Gasteiger partial charge in [-0.15, -0.1) is 0 Å². The van der Waals surface area contributed by atoms with Crippen molar-refractivity contribution in [3.05, 3.63) is 73.6 Å². The SMILES string of the molecule is Cc1[nH]c(Cc2cc(Cl)cc(Cl)c2)nc1-c1cccc(Cl)c1Cl. The van der Waals surface area contributed by atoms with Gasteiger partial charge in [-0.3, -0.25) is 0 Å². The summed E-state index contributed by atoms with van der Waals surface area (Å²) in [5, 5.41) is 2.22. The molecule has 3 rings (SSSR count). The predicted octanol–water partition coefficient (Wildman–Crippen LogP) is 6.59. The number of rotatable bonds is 3. The van der Waals surface area contributed by atoms with Crippen molar-refractivity contribution in [3.63, 3.8) is 0 Å². The molecule has 1 N–H and O–H groups in total. The first kappa shape index (κ1) is 16.7. The Morgan fingerprint density at radius 2 is 1.70 bits per heavy atom. The van der Waals surface area contributed by atoms with Gasteiger partial charge in [-0.05, 0) is 36.8 Å². The van der Waals surface area contributed by atoms with E-state index in [-0.39, 0.29) is 0 Å². The Kier molecular flexibility index (Phi) is 4.88. The number of nitrogens with one attached hydrogen (secondary N) is 1. The third-order valence-corrected chi connectivity index (χ3v) is 4.69. The second kappa shape index (κ2) is 6.74. The van der Waals surface area contributed by atoms with Crippen LogP contribution in [-0.2, 0) is 6.42 Å². The van der Waals surface area contributed by atoms with Gasteiger partial charge >= 0.3 is 0 Å². The molecule has 3 aromatic rings. The van der Waals surface area contributed by atoms with Crippen LogP contribution in [0.3, 0.4) is 0 Å². The lowest BCUT2D eigenvalue weighted by atomic mass is 10.1. The molecule has 2 nitrogen and oxygen atoms in total. The molecule has 0 atom stereocenters. The summed E-state index contributed by atoms with van der Waals surface area (Å²) in [5.74, 6) is 0.812. The van der Waals surface area contributed by atoms with E-state index in [9.17, 15) is 0 Å². The fourth-order valence-corrected chi connectivity index (χ4v) is 3.42. The highest BCUT2D eigenvalue weighted by atomic mass is 35.5. The van der Waals surface area contributed by atoms with Crippen molar-refractivity contribution in [1.29, 1.82) is 0 Å². The van der Waals surface area contributed by atoms with Gasteiger partial charge in [0.25, 0.3) is 0 Å². The molecule has 6 heteroatoms. The minimum absolute atomic E-state index is 0.501. The number of aryl methyl sites for hydroxylation is 1. The molecule has 1 heterocycles. The molecule has 0 unspecified atom stereocenters. The zero-order chi connectivity index (χ0) is 16.6. The topological polar surface area (TPSA) is 28.7 Å². The molecule has 0 spiro atoms. The fraction of sp³-hybridized carbons (Fsp3) is 0.118.